The fraction of sp³-hybridized carbons (Fsp3) is 0.333. The molecule has 2 N–H and O–H groups in total. The largest absolute Gasteiger partial charge is 0.497 e. The van der Waals surface area contributed by atoms with Crippen LogP contribution in [0.1, 0.15) is 23.3 Å². The fourth-order valence-electron chi connectivity index (χ4n) is 1.93. The summed E-state index contributed by atoms with van der Waals surface area (Å²) in [6, 6.07) is 5.74. The van der Waals surface area contributed by atoms with Crippen LogP contribution >= 0.6 is 11.3 Å². The van der Waals surface area contributed by atoms with Crippen molar-refractivity contribution in [2.45, 2.75) is 18.9 Å². The first kappa shape index (κ1) is 14.6. The minimum atomic E-state index is -0.261. The SMILES string of the molecule is COc1ccc(NC(=O)c2csc(NC3CC3)n2)c(OC)c1. The van der Waals surface area contributed by atoms with E-state index in [-0.39, 0.29) is 5.91 Å². The van der Waals surface area contributed by atoms with Crippen molar-refractivity contribution in [1.29, 1.82) is 0 Å². The maximum atomic E-state index is 12.3. The Balaban J connectivity index is 1.71. The van der Waals surface area contributed by atoms with E-state index in [4.69, 9.17) is 9.47 Å². The Morgan fingerprint density at radius 1 is 1.32 bits per heavy atom. The Morgan fingerprint density at radius 2 is 2.14 bits per heavy atom. The van der Waals surface area contributed by atoms with Gasteiger partial charge in [-0.15, -0.1) is 11.3 Å². The highest BCUT2D eigenvalue weighted by Gasteiger charge is 2.22. The number of benzene rings is 1. The van der Waals surface area contributed by atoms with Crippen LogP contribution in [0.5, 0.6) is 11.5 Å². The van der Waals surface area contributed by atoms with Crippen molar-refractivity contribution in [1.82, 2.24) is 4.98 Å². The Kier molecular flexibility index (Phi) is 4.15. The number of hydrogen-bond acceptors (Lipinski definition) is 6. The number of rotatable bonds is 6. The van der Waals surface area contributed by atoms with E-state index in [1.807, 2.05) is 0 Å². The van der Waals surface area contributed by atoms with Gasteiger partial charge in [-0.3, -0.25) is 4.79 Å². The number of ether oxygens (including phenoxy) is 2. The summed E-state index contributed by atoms with van der Waals surface area (Å²) in [5.74, 6) is 0.947. The zero-order valence-electron chi connectivity index (χ0n) is 12.4. The molecule has 0 spiro atoms. The minimum Gasteiger partial charge on any atom is -0.497 e. The van der Waals surface area contributed by atoms with E-state index in [9.17, 15) is 4.79 Å². The molecule has 0 unspecified atom stereocenters. The lowest BCUT2D eigenvalue weighted by Gasteiger charge is -2.10. The number of thiazole rings is 1. The van der Waals surface area contributed by atoms with Crippen LogP contribution in [0, 0.1) is 0 Å². The molecule has 0 bridgehead atoms. The molecule has 1 saturated carbocycles. The monoisotopic (exact) mass is 319 g/mol. The number of methoxy groups -OCH3 is 2. The number of hydrogen-bond donors (Lipinski definition) is 2. The molecule has 116 valence electrons. The maximum absolute atomic E-state index is 12.3. The predicted molar refractivity (Wildman–Crippen MR) is 86.3 cm³/mol. The number of carbonyl (C=O) groups is 1. The second-order valence-electron chi connectivity index (χ2n) is 4.98. The second-order valence-corrected chi connectivity index (χ2v) is 5.83. The number of nitrogens with one attached hydrogen (secondary N) is 2. The van der Waals surface area contributed by atoms with Crippen molar-refractivity contribution in [3.8, 4) is 11.5 Å². The van der Waals surface area contributed by atoms with Gasteiger partial charge in [0.25, 0.3) is 5.91 Å². The van der Waals surface area contributed by atoms with Crippen LogP contribution in [0.15, 0.2) is 23.6 Å². The van der Waals surface area contributed by atoms with Gasteiger partial charge in [-0.25, -0.2) is 4.98 Å². The third kappa shape index (κ3) is 3.30. The fourth-order valence-corrected chi connectivity index (χ4v) is 2.70. The Labute approximate surface area is 132 Å². The zero-order valence-corrected chi connectivity index (χ0v) is 13.2. The van der Waals surface area contributed by atoms with E-state index in [0.717, 1.165) is 5.13 Å². The standard InChI is InChI=1S/C15H17N3O3S/c1-20-10-5-6-11(13(7-10)21-2)17-14(19)12-8-22-15(18-12)16-9-3-4-9/h5-9H,3-4H2,1-2H3,(H,16,18)(H,17,19). The van der Waals surface area contributed by atoms with Crippen LogP contribution in [0.25, 0.3) is 0 Å². The first-order valence-electron chi connectivity index (χ1n) is 6.95. The van der Waals surface area contributed by atoms with Crippen LogP contribution in [-0.2, 0) is 0 Å². The van der Waals surface area contributed by atoms with Crippen molar-refractivity contribution in [3.63, 3.8) is 0 Å². The molecule has 3 rings (SSSR count). The van der Waals surface area contributed by atoms with Gasteiger partial charge in [-0.2, -0.15) is 0 Å². The summed E-state index contributed by atoms with van der Waals surface area (Å²) in [5, 5.41) is 8.62. The van der Waals surface area contributed by atoms with Crippen LogP contribution in [-0.4, -0.2) is 31.2 Å². The smallest absolute Gasteiger partial charge is 0.275 e. The van der Waals surface area contributed by atoms with Crippen LogP contribution < -0.4 is 20.1 Å². The number of carbonyl (C=O) groups excluding carboxylic acids is 1. The van der Waals surface area contributed by atoms with Gasteiger partial charge in [-0.1, -0.05) is 0 Å². The number of nitrogens with zero attached hydrogens (tertiary/aromatic N) is 1. The van der Waals surface area contributed by atoms with Gasteiger partial charge in [0.1, 0.15) is 17.2 Å². The Hall–Kier alpha value is -2.28. The summed E-state index contributed by atoms with van der Waals surface area (Å²) in [6.45, 7) is 0. The summed E-state index contributed by atoms with van der Waals surface area (Å²) in [7, 11) is 3.13. The van der Waals surface area contributed by atoms with Gasteiger partial charge in [0.15, 0.2) is 5.13 Å². The Bertz CT molecular complexity index is 682. The highest BCUT2D eigenvalue weighted by Crippen LogP contribution is 2.30. The molecule has 1 amide bonds. The molecule has 0 saturated heterocycles. The van der Waals surface area contributed by atoms with Gasteiger partial charge < -0.3 is 20.1 Å². The molecule has 1 aliphatic carbocycles. The van der Waals surface area contributed by atoms with E-state index in [1.165, 1.54) is 24.2 Å². The summed E-state index contributed by atoms with van der Waals surface area (Å²) < 4.78 is 10.4. The molecule has 6 nitrogen and oxygen atoms in total. The van der Waals surface area contributed by atoms with Crippen molar-refractivity contribution < 1.29 is 14.3 Å². The van der Waals surface area contributed by atoms with E-state index < -0.39 is 0 Å². The van der Waals surface area contributed by atoms with Gasteiger partial charge in [0.2, 0.25) is 0 Å². The van der Waals surface area contributed by atoms with Crippen molar-refractivity contribution in [2.24, 2.45) is 0 Å². The third-order valence-electron chi connectivity index (χ3n) is 3.30. The molecular weight excluding hydrogens is 302 g/mol. The normalized spacial score (nSPS) is 13.5. The zero-order chi connectivity index (χ0) is 15.5. The average molecular weight is 319 g/mol. The molecular formula is C15H17N3O3S. The predicted octanol–water partition coefficient (Wildman–Crippen LogP) is 2.99. The molecule has 0 aliphatic heterocycles. The quantitative estimate of drug-likeness (QED) is 0.856. The average Bonchev–Trinajstić information content (AvgIpc) is 3.22. The van der Waals surface area contributed by atoms with Crippen LogP contribution in [0.3, 0.4) is 0 Å². The van der Waals surface area contributed by atoms with Crippen molar-refractivity contribution in [2.75, 3.05) is 24.9 Å². The molecule has 1 aliphatic rings. The van der Waals surface area contributed by atoms with Gasteiger partial charge in [0, 0.05) is 17.5 Å². The number of aromatic nitrogens is 1. The molecule has 7 heteroatoms. The molecule has 1 aromatic carbocycles. The maximum Gasteiger partial charge on any atom is 0.275 e. The molecule has 1 aromatic heterocycles. The van der Waals surface area contributed by atoms with Crippen molar-refractivity contribution >= 4 is 28.1 Å². The molecule has 1 fully saturated rings. The first-order chi connectivity index (χ1) is 10.7. The highest BCUT2D eigenvalue weighted by atomic mass is 32.1. The molecule has 0 atom stereocenters. The van der Waals surface area contributed by atoms with E-state index in [0.29, 0.717) is 28.9 Å². The van der Waals surface area contributed by atoms with Crippen molar-refractivity contribution in [3.05, 3.63) is 29.3 Å². The first-order valence-corrected chi connectivity index (χ1v) is 7.83. The molecule has 0 radical (unpaired) electrons. The minimum absolute atomic E-state index is 0.261. The lowest BCUT2D eigenvalue weighted by Crippen LogP contribution is -2.13. The van der Waals surface area contributed by atoms with E-state index in [1.54, 1.807) is 37.8 Å². The Morgan fingerprint density at radius 3 is 2.82 bits per heavy atom. The highest BCUT2D eigenvalue weighted by molar-refractivity contribution is 7.13. The summed E-state index contributed by atoms with van der Waals surface area (Å²) in [4.78, 5) is 16.6. The lowest BCUT2D eigenvalue weighted by atomic mass is 10.2. The lowest BCUT2D eigenvalue weighted by molar-refractivity contribution is 0.102. The third-order valence-corrected chi connectivity index (χ3v) is 4.07. The summed E-state index contributed by atoms with van der Waals surface area (Å²) >= 11 is 1.44. The summed E-state index contributed by atoms with van der Waals surface area (Å²) in [6.07, 6.45) is 2.34. The van der Waals surface area contributed by atoms with E-state index in [2.05, 4.69) is 15.6 Å². The van der Waals surface area contributed by atoms with E-state index >= 15 is 0 Å². The van der Waals surface area contributed by atoms with Gasteiger partial charge >= 0.3 is 0 Å². The topological polar surface area (TPSA) is 72.5 Å². The second kappa shape index (κ2) is 6.23. The van der Waals surface area contributed by atoms with Crippen LogP contribution in [0.4, 0.5) is 10.8 Å². The molecule has 1 heterocycles. The molecule has 22 heavy (non-hydrogen) atoms. The summed E-state index contributed by atoms with van der Waals surface area (Å²) in [5.41, 5.74) is 0.976. The van der Waals surface area contributed by atoms with Gasteiger partial charge in [-0.05, 0) is 25.0 Å². The van der Waals surface area contributed by atoms with Gasteiger partial charge in [0.05, 0.1) is 19.9 Å². The number of anilines is 2. The van der Waals surface area contributed by atoms with Crippen LogP contribution in [0.2, 0.25) is 0 Å². The number of amides is 1. The molecule has 2 aromatic rings.